The van der Waals surface area contributed by atoms with Gasteiger partial charge in [0.25, 0.3) is 0 Å². The van der Waals surface area contributed by atoms with Crippen LogP contribution < -0.4 is 5.32 Å². The molecule has 1 N–H and O–H groups in total. The zero-order chi connectivity index (χ0) is 11.1. The summed E-state index contributed by atoms with van der Waals surface area (Å²) >= 11 is 0. The molecule has 0 spiro atoms. The normalized spacial score (nSPS) is 11.2. The Morgan fingerprint density at radius 2 is 2.13 bits per heavy atom. The molecule has 15 heavy (non-hydrogen) atoms. The Morgan fingerprint density at radius 1 is 1.33 bits per heavy atom. The first-order chi connectivity index (χ1) is 7.18. The van der Waals surface area contributed by atoms with Gasteiger partial charge in [0.2, 0.25) is 5.89 Å². The highest BCUT2D eigenvalue weighted by atomic mass is 16.5. The van der Waals surface area contributed by atoms with E-state index < -0.39 is 0 Å². The van der Waals surface area contributed by atoms with Crippen LogP contribution in [0.2, 0.25) is 0 Å². The molecule has 86 valence electrons. The van der Waals surface area contributed by atoms with E-state index >= 15 is 0 Å². The van der Waals surface area contributed by atoms with Crippen molar-refractivity contribution < 1.29 is 4.52 Å². The van der Waals surface area contributed by atoms with Crippen LogP contribution in [0.4, 0.5) is 0 Å². The van der Waals surface area contributed by atoms with E-state index in [4.69, 9.17) is 4.52 Å². The predicted molar refractivity (Wildman–Crippen MR) is 58.8 cm³/mol. The van der Waals surface area contributed by atoms with Crippen molar-refractivity contribution in [3.63, 3.8) is 0 Å². The molecule has 0 bridgehead atoms. The molecule has 1 aromatic rings. The number of hydrogen-bond acceptors (Lipinski definition) is 5. The van der Waals surface area contributed by atoms with Gasteiger partial charge in [0.05, 0.1) is 0 Å². The Morgan fingerprint density at radius 3 is 2.73 bits per heavy atom. The lowest BCUT2D eigenvalue weighted by Crippen LogP contribution is -2.23. The molecule has 0 aliphatic rings. The summed E-state index contributed by atoms with van der Waals surface area (Å²) in [6.45, 7) is 4.88. The van der Waals surface area contributed by atoms with Crippen LogP contribution in [-0.4, -0.2) is 48.8 Å². The van der Waals surface area contributed by atoms with E-state index in [1.807, 2.05) is 6.92 Å². The average Bonchev–Trinajstić information content (AvgIpc) is 2.57. The Labute approximate surface area is 90.8 Å². The standard InChI is InChI=1S/C10H20N4O/c1-9-12-10(15-13-9)5-7-11-6-4-8-14(2)3/h11H,4-8H2,1-3H3. The second-order valence-electron chi connectivity index (χ2n) is 3.89. The molecular weight excluding hydrogens is 192 g/mol. The van der Waals surface area contributed by atoms with Crippen LogP contribution in [0.3, 0.4) is 0 Å². The quantitative estimate of drug-likeness (QED) is 0.666. The largest absolute Gasteiger partial charge is 0.339 e. The molecule has 0 unspecified atom stereocenters. The first-order valence-electron chi connectivity index (χ1n) is 5.33. The van der Waals surface area contributed by atoms with Gasteiger partial charge in [-0.25, -0.2) is 0 Å². The summed E-state index contributed by atoms with van der Waals surface area (Å²) in [6, 6.07) is 0. The highest BCUT2D eigenvalue weighted by molar-refractivity contribution is 4.83. The van der Waals surface area contributed by atoms with Gasteiger partial charge in [0.1, 0.15) is 0 Å². The number of aromatic nitrogens is 2. The van der Waals surface area contributed by atoms with Crippen LogP contribution in [0, 0.1) is 6.92 Å². The predicted octanol–water partition coefficient (Wildman–Crippen LogP) is 0.462. The first-order valence-corrected chi connectivity index (χ1v) is 5.33. The molecule has 0 aliphatic heterocycles. The third kappa shape index (κ3) is 5.49. The molecule has 1 rings (SSSR count). The third-order valence-electron chi connectivity index (χ3n) is 2.04. The van der Waals surface area contributed by atoms with Gasteiger partial charge >= 0.3 is 0 Å². The van der Waals surface area contributed by atoms with Crippen molar-refractivity contribution in [1.82, 2.24) is 20.4 Å². The first kappa shape index (κ1) is 12.1. The SMILES string of the molecule is Cc1noc(CCNCCCN(C)C)n1. The smallest absolute Gasteiger partial charge is 0.227 e. The fraction of sp³-hybridized carbons (Fsp3) is 0.800. The fourth-order valence-corrected chi connectivity index (χ4v) is 1.28. The molecule has 1 aromatic heterocycles. The molecule has 0 atom stereocenters. The van der Waals surface area contributed by atoms with Crippen molar-refractivity contribution in [1.29, 1.82) is 0 Å². The van der Waals surface area contributed by atoms with Gasteiger partial charge < -0.3 is 14.7 Å². The lowest BCUT2D eigenvalue weighted by molar-refractivity contribution is 0.369. The van der Waals surface area contributed by atoms with E-state index in [-0.39, 0.29) is 0 Å². The topological polar surface area (TPSA) is 54.2 Å². The van der Waals surface area contributed by atoms with Crippen molar-refractivity contribution in [2.45, 2.75) is 19.8 Å². The Balaban J connectivity index is 1.98. The monoisotopic (exact) mass is 212 g/mol. The van der Waals surface area contributed by atoms with Crippen molar-refractivity contribution in [2.24, 2.45) is 0 Å². The van der Waals surface area contributed by atoms with Crippen molar-refractivity contribution in [3.05, 3.63) is 11.7 Å². The third-order valence-corrected chi connectivity index (χ3v) is 2.04. The second-order valence-corrected chi connectivity index (χ2v) is 3.89. The zero-order valence-electron chi connectivity index (χ0n) is 9.79. The van der Waals surface area contributed by atoms with Gasteiger partial charge in [-0.2, -0.15) is 4.98 Å². The maximum atomic E-state index is 5.00. The van der Waals surface area contributed by atoms with Crippen LogP contribution >= 0.6 is 0 Å². The van der Waals surface area contributed by atoms with Crippen molar-refractivity contribution >= 4 is 0 Å². The number of rotatable bonds is 7. The lowest BCUT2D eigenvalue weighted by atomic mass is 10.3. The van der Waals surface area contributed by atoms with Gasteiger partial charge in [-0.3, -0.25) is 0 Å². The molecule has 0 saturated carbocycles. The highest BCUT2D eigenvalue weighted by Crippen LogP contribution is 1.95. The van der Waals surface area contributed by atoms with E-state index in [1.54, 1.807) is 0 Å². The summed E-state index contributed by atoms with van der Waals surface area (Å²) in [6.07, 6.45) is 1.97. The van der Waals surface area contributed by atoms with Crippen LogP contribution in [0.1, 0.15) is 18.1 Å². The molecule has 5 nitrogen and oxygen atoms in total. The van der Waals surface area contributed by atoms with Gasteiger partial charge in [-0.15, -0.1) is 0 Å². The van der Waals surface area contributed by atoms with Crippen LogP contribution in [0.5, 0.6) is 0 Å². The minimum Gasteiger partial charge on any atom is -0.339 e. The van der Waals surface area contributed by atoms with E-state index in [0.717, 1.165) is 32.5 Å². The summed E-state index contributed by atoms with van der Waals surface area (Å²) in [5.41, 5.74) is 0. The molecule has 5 heteroatoms. The van der Waals surface area contributed by atoms with Crippen molar-refractivity contribution in [3.8, 4) is 0 Å². The zero-order valence-corrected chi connectivity index (χ0v) is 9.79. The Hall–Kier alpha value is -0.940. The summed E-state index contributed by atoms with van der Waals surface area (Å²) < 4.78 is 5.00. The van der Waals surface area contributed by atoms with E-state index in [2.05, 4.69) is 34.5 Å². The van der Waals surface area contributed by atoms with Crippen molar-refractivity contribution in [2.75, 3.05) is 33.7 Å². The summed E-state index contributed by atoms with van der Waals surface area (Å²) in [4.78, 5) is 6.31. The Kier molecular flexibility index (Phi) is 5.28. The molecule has 0 fully saturated rings. The van der Waals surface area contributed by atoms with Crippen LogP contribution in [-0.2, 0) is 6.42 Å². The van der Waals surface area contributed by atoms with Crippen LogP contribution in [0.15, 0.2) is 4.52 Å². The number of nitrogens with zero attached hydrogens (tertiary/aromatic N) is 3. The van der Waals surface area contributed by atoms with Gasteiger partial charge in [0.15, 0.2) is 5.82 Å². The van der Waals surface area contributed by atoms with Crippen LogP contribution in [0.25, 0.3) is 0 Å². The maximum absolute atomic E-state index is 5.00. The fourth-order valence-electron chi connectivity index (χ4n) is 1.28. The van der Waals surface area contributed by atoms with Gasteiger partial charge in [-0.05, 0) is 40.5 Å². The summed E-state index contributed by atoms with van der Waals surface area (Å²) in [5, 5.41) is 7.08. The Bertz CT molecular complexity index is 272. The second kappa shape index (κ2) is 6.53. The van der Waals surface area contributed by atoms with E-state index in [1.165, 1.54) is 0 Å². The summed E-state index contributed by atoms with van der Waals surface area (Å²) in [7, 11) is 4.17. The van der Waals surface area contributed by atoms with Gasteiger partial charge in [0, 0.05) is 13.0 Å². The number of aryl methyl sites for hydroxylation is 1. The van der Waals surface area contributed by atoms with E-state index in [9.17, 15) is 0 Å². The molecule has 0 aromatic carbocycles. The summed E-state index contributed by atoms with van der Waals surface area (Å²) in [5.74, 6) is 1.42. The van der Waals surface area contributed by atoms with E-state index in [0.29, 0.717) is 11.7 Å². The molecule has 0 saturated heterocycles. The number of hydrogen-bond donors (Lipinski definition) is 1. The molecule has 1 heterocycles. The number of nitrogens with one attached hydrogen (secondary N) is 1. The highest BCUT2D eigenvalue weighted by Gasteiger charge is 2.00. The maximum Gasteiger partial charge on any atom is 0.227 e. The van der Waals surface area contributed by atoms with Gasteiger partial charge in [-0.1, -0.05) is 5.16 Å². The molecule has 0 aliphatic carbocycles. The average molecular weight is 212 g/mol. The molecule has 0 radical (unpaired) electrons. The minimum absolute atomic E-state index is 0.706. The minimum atomic E-state index is 0.706. The molecular formula is C10H20N4O. The molecule has 0 amide bonds. The lowest BCUT2D eigenvalue weighted by Gasteiger charge is -2.08.